The van der Waals surface area contributed by atoms with Gasteiger partial charge in [0.2, 0.25) is 0 Å². The second kappa shape index (κ2) is 16.8. The molecule has 1 aromatic rings. The van der Waals surface area contributed by atoms with E-state index in [0.29, 0.717) is 19.3 Å². The third-order valence-corrected chi connectivity index (χ3v) is 4.35. The maximum absolute atomic E-state index is 12.8. The van der Waals surface area contributed by atoms with E-state index in [9.17, 15) is 4.39 Å². The first-order chi connectivity index (χ1) is 13.2. The van der Waals surface area contributed by atoms with Crippen LogP contribution in [-0.4, -0.2) is 25.9 Å². The Morgan fingerprint density at radius 3 is 2.00 bits per heavy atom. The molecule has 1 rings (SSSR count). The van der Waals surface area contributed by atoms with E-state index in [1.807, 2.05) is 13.8 Å². The fourth-order valence-electron chi connectivity index (χ4n) is 2.80. The van der Waals surface area contributed by atoms with Crippen LogP contribution in [0.1, 0.15) is 83.6 Å². The van der Waals surface area contributed by atoms with Gasteiger partial charge < -0.3 is 9.47 Å². The predicted molar refractivity (Wildman–Crippen MR) is 111 cm³/mol. The normalized spacial score (nSPS) is 10.8. The molecule has 3 heteroatoms. The molecule has 0 saturated heterocycles. The van der Waals surface area contributed by atoms with Crippen molar-refractivity contribution in [1.29, 1.82) is 0 Å². The van der Waals surface area contributed by atoms with Crippen molar-refractivity contribution in [3.05, 3.63) is 35.6 Å². The van der Waals surface area contributed by atoms with E-state index in [1.165, 1.54) is 57.1 Å². The molecule has 0 aliphatic carbocycles. The lowest BCUT2D eigenvalue weighted by atomic mass is 10.1. The van der Waals surface area contributed by atoms with Gasteiger partial charge in [0.05, 0.1) is 19.3 Å². The molecule has 2 nitrogen and oxygen atoms in total. The number of unbranched alkanes of at least 4 members (excludes halogenated alkanes) is 9. The van der Waals surface area contributed by atoms with Gasteiger partial charge in [0.25, 0.3) is 0 Å². The SMILES string of the molecule is CC(C)OCCOCCCCCCCCCCCC#Cc1ccc(F)cc1. The maximum Gasteiger partial charge on any atom is 0.123 e. The lowest BCUT2D eigenvalue weighted by Gasteiger charge is -2.08. The summed E-state index contributed by atoms with van der Waals surface area (Å²) in [5, 5.41) is 0. The van der Waals surface area contributed by atoms with Crippen LogP contribution in [-0.2, 0) is 9.47 Å². The van der Waals surface area contributed by atoms with E-state index in [1.54, 1.807) is 12.1 Å². The van der Waals surface area contributed by atoms with Crippen LogP contribution >= 0.6 is 0 Å². The minimum Gasteiger partial charge on any atom is -0.379 e. The molecule has 152 valence electrons. The zero-order chi connectivity index (χ0) is 19.6. The number of hydrogen-bond donors (Lipinski definition) is 0. The second-order valence-electron chi connectivity index (χ2n) is 7.27. The summed E-state index contributed by atoms with van der Waals surface area (Å²) in [6.45, 7) is 6.37. The molecule has 27 heavy (non-hydrogen) atoms. The minimum atomic E-state index is -0.207. The number of halogens is 1. The van der Waals surface area contributed by atoms with Crippen LogP contribution in [0.15, 0.2) is 24.3 Å². The van der Waals surface area contributed by atoms with Gasteiger partial charge in [0.1, 0.15) is 5.82 Å². The van der Waals surface area contributed by atoms with Crippen LogP contribution in [0.3, 0.4) is 0 Å². The highest BCUT2D eigenvalue weighted by atomic mass is 19.1. The van der Waals surface area contributed by atoms with Gasteiger partial charge >= 0.3 is 0 Å². The summed E-state index contributed by atoms with van der Waals surface area (Å²) < 4.78 is 23.8. The van der Waals surface area contributed by atoms with E-state index in [0.717, 1.165) is 31.4 Å². The Hall–Kier alpha value is -1.37. The Bertz CT molecular complexity index is 513. The number of hydrogen-bond acceptors (Lipinski definition) is 2. The summed E-state index contributed by atoms with van der Waals surface area (Å²) >= 11 is 0. The molecule has 0 aliphatic rings. The van der Waals surface area contributed by atoms with Gasteiger partial charge in [-0.25, -0.2) is 4.39 Å². The standard InChI is InChI=1S/C24H37FO2/c1-22(2)27-21-20-26-19-13-11-9-7-5-3-4-6-8-10-12-14-23-15-17-24(25)18-16-23/h15-18,22H,3-11,13,19-21H2,1-2H3. The number of rotatable bonds is 15. The van der Waals surface area contributed by atoms with Gasteiger partial charge in [0, 0.05) is 18.6 Å². The molecule has 0 radical (unpaired) electrons. The quantitative estimate of drug-likeness (QED) is 0.256. The maximum atomic E-state index is 12.8. The monoisotopic (exact) mass is 376 g/mol. The summed E-state index contributed by atoms with van der Waals surface area (Å²) in [6, 6.07) is 6.38. The van der Waals surface area contributed by atoms with Gasteiger partial charge in [0.15, 0.2) is 0 Å². The Labute approximate surface area is 165 Å². The molecule has 1 aromatic carbocycles. The molecule has 0 heterocycles. The highest BCUT2D eigenvalue weighted by molar-refractivity contribution is 5.33. The fourth-order valence-corrected chi connectivity index (χ4v) is 2.80. The van der Waals surface area contributed by atoms with Crippen molar-refractivity contribution in [1.82, 2.24) is 0 Å². The first-order valence-electron chi connectivity index (χ1n) is 10.6. The summed E-state index contributed by atoms with van der Waals surface area (Å²) in [7, 11) is 0. The van der Waals surface area contributed by atoms with Crippen LogP contribution in [0.5, 0.6) is 0 Å². The average molecular weight is 377 g/mol. The second-order valence-corrected chi connectivity index (χ2v) is 7.27. The number of benzene rings is 1. The van der Waals surface area contributed by atoms with E-state index in [4.69, 9.17) is 9.47 Å². The molecule has 0 unspecified atom stereocenters. The van der Waals surface area contributed by atoms with E-state index < -0.39 is 0 Å². The molecule has 0 N–H and O–H groups in total. The van der Waals surface area contributed by atoms with Crippen LogP contribution in [0.2, 0.25) is 0 Å². The summed E-state index contributed by atoms with van der Waals surface area (Å²) in [5.41, 5.74) is 0.894. The van der Waals surface area contributed by atoms with Crippen molar-refractivity contribution < 1.29 is 13.9 Å². The zero-order valence-electron chi connectivity index (χ0n) is 17.3. The Balaban J connectivity index is 1.79. The van der Waals surface area contributed by atoms with E-state index >= 15 is 0 Å². The molecule has 0 saturated carbocycles. The molecule has 0 spiro atoms. The Morgan fingerprint density at radius 1 is 0.778 bits per heavy atom. The smallest absolute Gasteiger partial charge is 0.123 e. The molecular weight excluding hydrogens is 339 g/mol. The molecule has 0 amide bonds. The van der Waals surface area contributed by atoms with Crippen LogP contribution in [0.4, 0.5) is 4.39 Å². The summed E-state index contributed by atoms with van der Waals surface area (Å²) in [5.74, 6) is 6.06. The van der Waals surface area contributed by atoms with Crippen molar-refractivity contribution in [2.45, 2.75) is 84.2 Å². The third-order valence-electron chi connectivity index (χ3n) is 4.35. The predicted octanol–water partition coefficient (Wildman–Crippen LogP) is 6.52. The van der Waals surface area contributed by atoms with Gasteiger partial charge in [-0.05, 0) is 51.0 Å². The molecular formula is C24H37FO2. The first-order valence-corrected chi connectivity index (χ1v) is 10.6. The van der Waals surface area contributed by atoms with Crippen molar-refractivity contribution >= 4 is 0 Å². The molecule has 0 bridgehead atoms. The van der Waals surface area contributed by atoms with Crippen molar-refractivity contribution in [2.24, 2.45) is 0 Å². The van der Waals surface area contributed by atoms with E-state index in [2.05, 4.69) is 11.8 Å². The first kappa shape index (κ1) is 23.7. The molecule has 0 aliphatic heterocycles. The van der Waals surface area contributed by atoms with Crippen LogP contribution in [0.25, 0.3) is 0 Å². The van der Waals surface area contributed by atoms with Crippen molar-refractivity contribution in [3.8, 4) is 11.8 Å². The van der Waals surface area contributed by atoms with Gasteiger partial charge in [-0.2, -0.15) is 0 Å². The highest BCUT2D eigenvalue weighted by Gasteiger charge is 1.95. The zero-order valence-corrected chi connectivity index (χ0v) is 17.3. The largest absolute Gasteiger partial charge is 0.379 e. The highest BCUT2D eigenvalue weighted by Crippen LogP contribution is 2.10. The van der Waals surface area contributed by atoms with Crippen LogP contribution in [0, 0.1) is 17.7 Å². The topological polar surface area (TPSA) is 18.5 Å². The lowest BCUT2D eigenvalue weighted by Crippen LogP contribution is -2.10. The van der Waals surface area contributed by atoms with Gasteiger partial charge in [-0.1, -0.05) is 56.8 Å². The summed E-state index contributed by atoms with van der Waals surface area (Å²) in [6.07, 6.45) is 12.7. The average Bonchev–Trinajstić information content (AvgIpc) is 2.65. The number of ether oxygens (including phenoxy) is 2. The fraction of sp³-hybridized carbons (Fsp3) is 0.667. The van der Waals surface area contributed by atoms with Crippen LogP contribution < -0.4 is 0 Å². The van der Waals surface area contributed by atoms with Gasteiger partial charge in [-0.3, -0.25) is 0 Å². The Morgan fingerprint density at radius 2 is 1.37 bits per heavy atom. The van der Waals surface area contributed by atoms with E-state index in [-0.39, 0.29) is 5.82 Å². The summed E-state index contributed by atoms with van der Waals surface area (Å²) in [4.78, 5) is 0. The Kier molecular flexibility index (Phi) is 14.7. The van der Waals surface area contributed by atoms with Crippen molar-refractivity contribution in [3.63, 3.8) is 0 Å². The van der Waals surface area contributed by atoms with Crippen molar-refractivity contribution in [2.75, 3.05) is 19.8 Å². The molecule has 0 fully saturated rings. The molecule has 0 aromatic heterocycles. The lowest BCUT2D eigenvalue weighted by molar-refractivity contribution is 0.0186. The molecule has 0 atom stereocenters. The minimum absolute atomic E-state index is 0.207. The van der Waals surface area contributed by atoms with Gasteiger partial charge in [-0.15, -0.1) is 0 Å². The third kappa shape index (κ3) is 15.4.